The average molecular weight is 480 g/mol. The number of Topliss-reactive ketones (excluding diaryl/α,β-unsaturated/α-hetero) is 2. The van der Waals surface area contributed by atoms with Crippen molar-refractivity contribution >= 4 is 28.6 Å². The van der Waals surface area contributed by atoms with Crippen molar-refractivity contribution in [1.29, 1.82) is 0 Å². The number of carbonyl (C=O) groups is 2. The summed E-state index contributed by atoms with van der Waals surface area (Å²) in [6, 6.07) is 8.04. The van der Waals surface area contributed by atoms with Gasteiger partial charge in [-0.05, 0) is 44.2 Å². The van der Waals surface area contributed by atoms with E-state index in [1.165, 1.54) is 38.1 Å². The molecule has 2 aromatic rings. The second-order valence-corrected chi connectivity index (χ2v) is 7.79. The minimum atomic E-state index is -0.495. The smallest absolute Gasteiger partial charge is 0.141 e. The highest BCUT2D eigenvalue weighted by molar-refractivity contribution is 5.77. The van der Waals surface area contributed by atoms with Gasteiger partial charge in [-0.1, -0.05) is 0 Å². The quantitative estimate of drug-likeness (QED) is 0.341. The Morgan fingerprint density at radius 3 is 1.65 bits per heavy atom. The van der Waals surface area contributed by atoms with Crippen molar-refractivity contribution in [3.05, 3.63) is 48.0 Å². The van der Waals surface area contributed by atoms with E-state index in [1.54, 1.807) is 11.0 Å². The third-order valence-electron chi connectivity index (χ3n) is 4.87. The number of nitrogen functional groups attached to an aromatic ring is 1. The SMILES string of the molecule is CC(=O)CCN(CCN)c1ccc(F)cc1N.CC(=O)CCN(CCN)c1ccc(F)cc1O. The van der Waals surface area contributed by atoms with Crippen LogP contribution < -0.4 is 27.0 Å². The highest BCUT2D eigenvalue weighted by Crippen LogP contribution is 2.27. The van der Waals surface area contributed by atoms with Gasteiger partial charge in [0.2, 0.25) is 0 Å². The van der Waals surface area contributed by atoms with Crippen LogP contribution in [0.5, 0.6) is 5.75 Å². The van der Waals surface area contributed by atoms with Crippen LogP contribution in [0.4, 0.5) is 25.8 Å². The van der Waals surface area contributed by atoms with Gasteiger partial charge in [-0.3, -0.25) is 9.59 Å². The first-order chi connectivity index (χ1) is 16.1. The van der Waals surface area contributed by atoms with E-state index in [4.69, 9.17) is 17.2 Å². The van der Waals surface area contributed by atoms with Gasteiger partial charge in [0, 0.05) is 58.2 Å². The largest absolute Gasteiger partial charge is 0.506 e. The highest BCUT2D eigenvalue weighted by Gasteiger charge is 2.12. The zero-order chi connectivity index (χ0) is 25.7. The van der Waals surface area contributed by atoms with Crippen LogP contribution in [0.25, 0.3) is 0 Å². The number of anilines is 3. The third-order valence-corrected chi connectivity index (χ3v) is 4.87. The molecule has 0 saturated carbocycles. The lowest BCUT2D eigenvalue weighted by Crippen LogP contribution is -2.31. The molecule has 0 aliphatic carbocycles. The van der Waals surface area contributed by atoms with Crippen LogP contribution in [0.2, 0.25) is 0 Å². The molecular weight excluding hydrogens is 444 g/mol. The number of carbonyl (C=O) groups excluding carboxylic acids is 2. The summed E-state index contributed by atoms with van der Waals surface area (Å²) in [6.07, 6.45) is 0.799. The van der Waals surface area contributed by atoms with Gasteiger partial charge in [0.1, 0.15) is 29.0 Å². The summed E-state index contributed by atoms with van der Waals surface area (Å²) in [6.45, 7) is 5.99. The molecule has 0 spiro atoms. The van der Waals surface area contributed by atoms with Crippen molar-refractivity contribution in [1.82, 2.24) is 0 Å². The second-order valence-electron chi connectivity index (χ2n) is 7.79. The number of hydrogen-bond acceptors (Lipinski definition) is 8. The van der Waals surface area contributed by atoms with E-state index >= 15 is 0 Å². The van der Waals surface area contributed by atoms with Crippen molar-refractivity contribution in [3.63, 3.8) is 0 Å². The average Bonchev–Trinajstić information content (AvgIpc) is 2.75. The lowest BCUT2D eigenvalue weighted by molar-refractivity contribution is -0.117. The number of aromatic hydroxyl groups is 1. The van der Waals surface area contributed by atoms with Gasteiger partial charge < -0.3 is 32.1 Å². The van der Waals surface area contributed by atoms with Gasteiger partial charge in [-0.2, -0.15) is 0 Å². The molecular formula is C24H35F2N5O3. The van der Waals surface area contributed by atoms with Crippen molar-refractivity contribution < 1.29 is 23.5 Å². The molecule has 0 amide bonds. The molecule has 0 radical (unpaired) electrons. The van der Waals surface area contributed by atoms with Crippen LogP contribution in [0.1, 0.15) is 26.7 Å². The first kappa shape index (κ1) is 28.8. The Morgan fingerprint density at radius 2 is 1.24 bits per heavy atom. The number of hydrogen-bond donors (Lipinski definition) is 4. The lowest BCUT2D eigenvalue weighted by atomic mass is 10.2. The minimum Gasteiger partial charge on any atom is -0.506 e. The van der Waals surface area contributed by atoms with Crippen molar-refractivity contribution in [2.24, 2.45) is 11.5 Å². The Morgan fingerprint density at radius 1 is 0.794 bits per heavy atom. The zero-order valence-corrected chi connectivity index (χ0v) is 19.8. The summed E-state index contributed by atoms with van der Waals surface area (Å²) in [5, 5.41) is 9.65. The number of nitrogens with zero attached hydrogens (tertiary/aromatic N) is 2. The first-order valence-corrected chi connectivity index (χ1v) is 11.0. The Hall–Kier alpha value is -3.24. The van der Waals surface area contributed by atoms with E-state index < -0.39 is 5.82 Å². The fourth-order valence-corrected chi connectivity index (χ4v) is 3.18. The van der Waals surface area contributed by atoms with Crippen LogP contribution in [-0.4, -0.2) is 55.9 Å². The van der Waals surface area contributed by atoms with Crippen LogP contribution in [0.3, 0.4) is 0 Å². The highest BCUT2D eigenvalue weighted by atomic mass is 19.1. The van der Waals surface area contributed by atoms with E-state index in [2.05, 4.69) is 0 Å². The van der Waals surface area contributed by atoms with Crippen molar-refractivity contribution in [2.45, 2.75) is 26.7 Å². The van der Waals surface area contributed by atoms with E-state index in [9.17, 15) is 23.5 Å². The summed E-state index contributed by atoms with van der Waals surface area (Å²) >= 11 is 0. The molecule has 2 rings (SSSR count). The number of rotatable bonds is 12. The number of phenolic OH excluding ortho intramolecular Hbond substituents is 1. The summed E-state index contributed by atoms with van der Waals surface area (Å²) in [7, 11) is 0. The summed E-state index contributed by atoms with van der Waals surface area (Å²) in [5.41, 5.74) is 18.3. The molecule has 10 heteroatoms. The maximum atomic E-state index is 12.9. The van der Waals surface area contributed by atoms with E-state index in [0.717, 1.165) is 11.8 Å². The normalized spacial score (nSPS) is 10.3. The monoisotopic (exact) mass is 479 g/mol. The maximum Gasteiger partial charge on any atom is 0.141 e. The second kappa shape index (κ2) is 14.8. The number of benzene rings is 2. The molecule has 7 N–H and O–H groups in total. The molecule has 34 heavy (non-hydrogen) atoms. The van der Waals surface area contributed by atoms with E-state index in [-0.39, 0.29) is 23.1 Å². The minimum absolute atomic E-state index is 0.0635. The van der Waals surface area contributed by atoms with Gasteiger partial charge in [-0.15, -0.1) is 0 Å². The lowest BCUT2D eigenvalue weighted by Gasteiger charge is -2.25. The van der Waals surface area contributed by atoms with Gasteiger partial charge >= 0.3 is 0 Å². The van der Waals surface area contributed by atoms with Crippen LogP contribution in [0, 0.1) is 11.6 Å². The molecule has 188 valence electrons. The fourth-order valence-electron chi connectivity index (χ4n) is 3.18. The third kappa shape index (κ3) is 10.1. The number of nitrogens with two attached hydrogens (primary N) is 3. The molecule has 0 aliphatic heterocycles. The molecule has 2 aromatic carbocycles. The van der Waals surface area contributed by atoms with Crippen molar-refractivity contribution in [2.75, 3.05) is 54.8 Å². The van der Waals surface area contributed by atoms with Crippen LogP contribution >= 0.6 is 0 Å². The van der Waals surface area contributed by atoms with Crippen LogP contribution in [-0.2, 0) is 9.59 Å². The number of ketones is 2. The molecule has 0 fully saturated rings. The van der Waals surface area contributed by atoms with Gasteiger partial charge in [0.05, 0.1) is 17.1 Å². The Balaban J connectivity index is 0.000000340. The molecule has 8 nitrogen and oxygen atoms in total. The molecule has 0 atom stereocenters. The molecule has 0 saturated heterocycles. The Labute approximate surface area is 199 Å². The number of halogens is 2. The van der Waals surface area contributed by atoms with Gasteiger partial charge in [-0.25, -0.2) is 8.78 Å². The van der Waals surface area contributed by atoms with E-state index in [0.29, 0.717) is 63.5 Å². The molecule has 0 heterocycles. The van der Waals surface area contributed by atoms with Crippen molar-refractivity contribution in [3.8, 4) is 5.75 Å². The number of phenols is 1. The zero-order valence-electron chi connectivity index (χ0n) is 19.8. The predicted octanol–water partition coefficient (Wildman–Crippen LogP) is 2.43. The first-order valence-electron chi connectivity index (χ1n) is 11.0. The fraction of sp³-hybridized carbons (Fsp3) is 0.417. The molecule has 0 unspecified atom stereocenters. The molecule has 0 aromatic heterocycles. The summed E-state index contributed by atoms with van der Waals surface area (Å²) < 4.78 is 25.8. The van der Waals surface area contributed by atoms with Gasteiger partial charge in [0.15, 0.2) is 0 Å². The molecule has 0 aliphatic rings. The van der Waals surface area contributed by atoms with Crippen LogP contribution in [0.15, 0.2) is 36.4 Å². The topological polar surface area (TPSA) is 139 Å². The molecule has 0 bridgehead atoms. The standard InChI is InChI=1S/C12H18FN3O.C12H17FN2O2/c1-9(17)4-6-16(7-5-14)12-3-2-10(13)8-11(12)15;1-9(16)4-6-15(7-5-14)11-3-2-10(13)8-12(11)17/h2-3,8H,4-7,14-15H2,1H3;2-3,8,17H,4-7,14H2,1H3. The van der Waals surface area contributed by atoms with Gasteiger partial charge in [0.25, 0.3) is 0 Å². The maximum absolute atomic E-state index is 12.9. The summed E-state index contributed by atoms with van der Waals surface area (Å²) in [4.78, 5) is 25.6. The van der Waals surface area contributed by atoms with E-state index in [1.807, 2.05) is 4.90 Å². The predicted molar refractivity (Wildman–Crippen MR) is 132 cm³/mol. The summed E-state index contributed by atoms with van der Waals surface area (Å²) in [5.74, 6) is -0.834. The Bertz CT molecular complexity index is 867. The Kier molecular flexibility index (Phi) is 12.5.